The van der Waals surface area contributed by atoms with Crippen LogP contribution in [-0.4, -0.2) is 35.5 Å². The minimum absolute atomic E-state index is 0.106. The molecule has 0 unspecified atom stereocenters. The van der Waals surface area contributed by atoms with Gasteiger partial charge in [0.05, 0.1) is 0 Å². The highest BCUT2D eigenvalue weighted by Gasteiger charge is 2.84. The fourth-order valence-corrected chi connectivity index (χ4v) is 2.51. The van der Waals surface area contributed by atoms with Crippen molar-refractivity contribution in [3.05, 3.63) is 59.7 Å². The molecule has 0 radical (unpaired) electrons. The molecule has 2 aromatic rings. The van der Waals surface area contributed by atoms with Crippen LogP contribution in [0.3, 0.4) is 0 Å². The first-order valence-electron chi connectivity index (χ1n) is 8.82. The number of aryl methyl sites for hydroxylation is 2. The first-order valence-corrected chi connectivity index (χ1v) is 8.82. The van der Waals surface area contributed by atoms with Gasteiger partial charge in [-0.25, -0.2) is 0 Å². The summed E-state index contributed by atoms with van der Waals surface area (Å²) in [6.07, 6.45) is 0. The number of hydrogen-bond donors (Lipinski definition) is 2. The predicted molar refractivity (Wildman–Crippen MR) is 99.4 cm³/mol. The van der Waals surface area contributed by atoms with Gasteiger partial charge in [0.15, 0.2) is 0 Å². The molecule has 12 heteroatoms. The van der Waals surface area contributed by atoms with E-state index in [0.717, 1.165) is 12.1 Å². The highest BCUT2D eigenvalue weighted by Crippen LogP contribution is 2.53. The van der Waals surface area contributed by atoms with E-state index in [1.54, 1.807) is 0 Å². The maximum absolute atomic E-state index is 14.1. The smallest absolute Gasteiger partial charge is 0.320 e. The van der Waals surface area contributed by atoms with Gasteiger partial charge in [0.1, 0.15) is 0 Å². The van der Waals surface area contributed by atoms with Gasteiger partial charge in [0.2, 0.25) is 0 Å². The van der Waals surface area contributed by atoms with Gasteiger partial charge < -0.3 is 10.6 Å². The fourth-order valence-electron chi connectivity index (χ4n) is 2.51. The number of carbonyl (C=O) groups is 2. The van der Waals surface area contributed by atoms with Crippen molar-refractivity contribution in [2.24, 2.45) is 0 Å². The van der Waals surface area contributed by atoms with Crippen molar-refractivity contribution in [2.45, 2.75) is 37.5 Å². The Morgan fingerprint density at radius 1 is 0.594 bits per heavy atom. The summed E-state index contributed by atoms with van der Waals surface area (Å²) in [5.74, 6) is -32.4. The van der Waals surface area contributed by atoms with Crippen molar-refractivity contribution < 1.29 is 44.7 Å². The average Bonchev–Trinajstić information content (AvgIpc) is 2.70. The third-order valence-electron chi connectivity index (χ3n) is 4.54. The van der Waals surface area contributed by atoms with Crippen LogP contribution < -0.4 is 10.6 Å². The Bertz CT molecular complexity index is 943. The van der Waals surface area contributed by atoms with E-state index in [2.05, 4.69) is 0 Å². The van der Waals surface area contributed by atoms with Crippen LogP contribution in [0.1, 0.15) is 11.1 Å². The zero-order chi connectivity index (χ0) is 24.5. The van der Waals surface area contributed by atoms with Crippen LogP contribution in [0.15, 0.2) is 48.5 Å². The SMILES string of the molecule is Cc1ccccc1NC(=O)C(F)(F)C(F)(F)C(F)(F)C(F)(F)C(=O)Nc1ccccc1C. The van der Waals surface area contributed by atoms with E-state index >= 15 is 0 Å². The van der Waals surface area contributed by atoms with Crippen LogP contribution in [0.2, 0.25) is 0 Å². The summed E-state index contributed by atoms with van der Waals surface area (Å²) in [6, 6.07) is 9.82. The van der Waals surface area contributed by atoms with Crippen molar-refractivity contribution in [3.63, 3.8) is 0 Å². The number of amides is 2. The standard InChI is InChI=1S/C20H16F8N2O2/c1-11-7-3-5-9-13(11)29-15(31)17(21,22)19(25,26)20(27,28)18(23,24)16(32)30-14-10-6-4-8-12(14)2/h3-10H,1-2H3,(H,29,31)(H,30,32). The van der Waals surface area contributed by atoms with Crippen molar-refractivity contribution in [3.8, 4) is 0 Å². The average molecular weight is 468 g/mol. The van der Waals surface area contributed by atoms with Crippen molar-refractivity contribution in [2.75, 3.05) is 10.6 Å². The number of anilines is 2. The maximum atomic E-state index is 14.1. The molecule has 0 atom stereocenters. The van der Waals surface area contributed by atoms with Crippen LogP contribution in [0.4, 0.5) is 46.5 Å². The van der Waals surface area contributed by atoms with E-state index in [0.29, 0.717) is 0 Å². The molecule has 0 aliphatic carbocycles. The molecule has 0 saturated heterocycles. The Morgan fingerprint density at radius 3 is 1.16 bits per heavy atom. The third kappa shape index (κ3) is 4.13. The van der Waals surface area contributed by atoms with E-state index in [-0.39, 0.29) is 11.1 Å². The van der Waals surface area contributed by atoms with E-state index < -0.39 is 46.9 Å². The highest BCUT2D eigenvalue weighted by molar-refractivity contribution is 5.99. The Morgan fingerprint density at radius 2 is 0.875 bits per heavy atom. The fraction of sp³-hybridized carbons (Fsp3) is 0.300. The van der Waals surface area contributed by atoms with Gasteiger partial charge in [0, 0.05) is 11.4 Å². The number of para-hydroxylation sites is 2. The molecule has 32 heavy (non-hydrogen) atoms. The zero-order valence-electron chi connectivity index (χ0n) is 16.5. The number of alkyl halides is 8. The summed E-state index contributed by atoms with van der Waals surface area (Å²) >= 11 is 0. The van der Waals surface area contributed by atoms with E-state index in [1.165, 1.54) is 60.9 Å². The summed E-state index contributed by atoms with van der Waals surface area (Å²) in [4.78, 5) is 23.4. The number of nitrogens with one attached hydrogen (secondary N) is 2. The largest absolute Gasteiger partial charge is 0.393 e. The van der Waals surface area contributed by atoms with E-state index in [4.69, 9.17) is 0 Å². The molecule has 0 saturated carbocycles. The molecule has 0 aromatic heterocycles. The monoisotopic (exact) mass is 468 g/mol. The number of carbonyl (C=O) groups excluding carboxylic acids is 2. The topological polar surface area (TPSA) is 58.2 Å². The third-order valence-corrected chi connectivity index (χ3v) is 4.54. The number of hydrogen-bond acceptors (Lipinski definition) is 2. The molecule has 0 aliphatic rings. The summed E-state index contributed by atoms with van der Waals surface area (Å²) < 4.78 is 113. The second kappa shape index (κ2) is 8.40. The Labute approximate surface area is 176 Å². The lowest BCUT2D eigenvalue weighted by Crippen LogP contribution is -2.67. The maximum Gasteiger partial charge on any atom is 0.393 e. The van der Waals surface area contributed by atoms with Crippen molar-refractivity contribution in [1.82, 2.24) is 0 Å². The Balaban J connectivity index is 2.36. The predicted octanol–water partition coefficient (Wildman–Crippen LogP) is 5.42. The second-order valence-corrected chi connectivity index (χ2v) is 6.84. The molecule has 2 aromatic carbocycles. The van der Waals surface area contributed by atoms with Crippen molar-refractivity contribution >= 4 is 23.2 Å². The van der Waals surface area contributed by atoms with Crippen molar-refractivity contribution in [1.29, 1.82) is 0 Å². The number of halogens is 8. The lowest BCUT2D eigenvalue weighted by molar-refractivity contribution is -0.345. The molecular formula is C20H16F8N2O2. The summed E-state index contributed by atoms with van der Waals surface area (Å²) in [5.41, 5.74) is -0.648. The molecule has 174 valence electrons. The van der Waals surface area contributed by atoms with Gasteiger partial charge in [-0.1, -0.05) is 36.4 Å². The van der Waals surface area contributed by atoms with E-state index in [9.17, 15) is 44.7 Å². The van der Waals surface area contributed by atoms with Gasteiger partial charge in [-0.3, -0.25) is 9.59 Å². The molecule has 4 nitrogen and oxygen atoms in total. The minimum Gasteiger partial charge on any atom is -0.320 e. The molecule has 0 heterocycles. The van der Waals surface area contributed by atoms with E-state index in [1.807, 2.05) is 0 Å². The quantitative estimate of drug-likeness (QED) is 0.533. The lowest BCUT2D eigenvalue weighted by atomic mass is 9.97. The molecule has 0 bridgehead atoms. The minimum atomic E-state index is -6.95. The molecule has 0 spiro atoms. The summed E-state index contributed by atoms with van der Waals surface area (Å²) in [7, 11) is 0. The van der Waals surface area contributed by atoms with Crippen LogP contribution in [0.5, 0.6) is 0 Å². The Kier molecular flexibility index (Phi) is 6.58. The molecule has 2 rings (SSSR count). The number of benzene rings is 2. The highest BCUT2D eigenvalue weighted by atomic mass is 19.4. The summed E-state index contributed by atoms with van der Waals surface area (Å²) in [5, 5.41) is 2.62. The Hall–Kier alpha value is -3.18. The molecule has 2 N–H and O–H groups in total. The zero-order valence-corrected chi connectivity index (χ0v) is 16.5. The normalized spacial score (nSPS) is 12.9. The summed E-state index contributed by atoms with van der Waals surface area (Å²) in [6.45, 7) is 2.56. The van der Waals surface area contributed by atoms with Crippen LogP contribution in [0.25, 0.3) is 0 Å². The van der Waals surface area contributed by atoms with Gasteiger partial charge in [-0.05, 0) is 37.1 Å². The molecular weight excluding hydrogens is 452 g/mol. The molecule has 2 amide bonds. The van der Waals surface area contributed by atoms with Gasteiger partial charge >= 0.3 is 35.5 Å². The lowest BCUT2D eigenvalue weighted by Gasteiger charge is -2.35. The van der Waals surface area contributed by atoms with Gasteiger partial charge in [-0.15, -0.1) is 0 Å². The first kappa shape index (κ1) is 25.1. The van der Waals surface area contributed by atoms with Crippen LogP contribution >= 0.6 is 0 Å². The van der Waals surface area contributed by atoms with Gasteiger partial charge in [0.25, 0.3) is 0 Å². The number of rotatable bonds is 7. The van der Waals surface area contributed by atoms with Crippen LogP contribution in [0, 0.1) is 13.8 Å². The van der Waals surface area contributed by atoms with Crippen LogP contribution in [-0.2, 0) is 9.59 Å². The van der Waals surface area contributed by atoms with Gasteiger partial charge in [-0.2, -0.15) is 35.1 Å². The first-order chi connectivity index (χ1) is 14.6. The molecule has 0 aliphatic heterocycles. The molecule has 0 fully saturated rings. The second-order valence-electron chi connectivity index (χ2n) is 6.84.